The third-order valence-electron chi connectivity index (χ3n) is 6.17. The van der Waals surface area contributed by atoms with E-state index in [2.05, 4.69) is 30.2 Å². The number of carbonyl (C=O) groups is 1. The number of nitrogens with one attached hydrogen (secondary N) is 2. The van der Waals surface area contributed by atoms with Crippen LogP contribution in [-0.2, 0) is 6.42 Å². The Morgan fingerprint density at radius 2 is 1.94 bits per heavy atom. The van der Waals surface area contributed by atoms with E-state index < -0.39 is 0 Å². The van der Waals surface area contributed by atoms with Gasteiger partial charge in [-0.2, -0.15) is 0 Å². The molecular weight excluding hydrogens is 437 g/mol. The van der Waals surface area contributed by atoms with E-state index in [1.54, 1.807) is 35.0 Å². The van der Waals surface area contributed by atoms with E-state index in [1.165, 1.54) is 12.4 Å². The number of fused-ring (bicyclic) bond motifs is 1. The number of nitrogens with zero attached hydrogens (tertiary/aromatic N) is 5. The van der Waals surface area contributed by atoms with E-state index in [0.717, 1.165) is 18.4 Å². The first kappa shape index (κ1) is 21.7. The Kier molecular flexibility index (Phi) is 6.03. The van der Waals surface area contributed by atoms with Crippen molar-refractivity contribution in [2.24, 2.45) is 0 Å². The summed E-state index contributed by atoms with van der Waals surface area (Å²) in [7, 11) is 0. The second kappa shape index (κ2) is 9.42. The average Bonchev–Trinajstić information content (AvgIpc) is 3.21. The summed E-state index contributed by atoms with van der Waals surface area (Å²) >= 11 is 0. The van der Waals surface area contributed by atoms with Crippen LogP contribution in [0.3, 0.4) is 0 Å². The van der Waals surface area contributed by atoms with Crippen LogP contribution in [0.15, 0.2) is 59.8 Å². The molecule has 0 unspecified atom stereocenters. The number of aromatic nitrogens is 5. The van der Waals surface area contributed by atoms with E-state index in [0.29, 0.717) is 43.1 Å². The molecule has 9 nitrogen and oxygen atoms in total. The highest BCUT2D eigenvalue weighted by molar-refractivity contribution is 5.92. The Bertz CT molecular complexity index is 1380. The zero-order chi connectivity index (χ0) is 23.5. The van der Waals surface area contributed by atoms with E-state index in [4.69, 9.17) is 0 Å². The van der Waals surface area contributed by atoms with Crippen molar-refractivity contribution in [3.05, 3.63) is 82.5 Å². The van der Waals surface area contributed by atoms with Gasteiger partial charge in [0, 0.05) is 37.9 Å². The van der Waals surface area contributed by atoms with Crippen molar-refractivity contribution in [3.63, 3.8) is 0 Å². The fourth-order valence-corrected chi connectivity index (χ4v) is 4.42. The molecule has 174 valence electrons. The lowest BCUT2D eigenvalue weighted by Gasteiger charge is -2.33. The fraction of sp³-hybridized carbons (Fsp3) is 0.292. The van der Waals surface area contributed by atoms with Crippen molar-refractivity contribution in [1.82, 2.24) is 29.8 Å². The number of imidazole rings is 1. The lowest BCUT2D eigenvalue weighted by Crippen LogP contribution is -2.37. The minimum atomic E-state index is -0.326. The number of hydrogen-bond donors (Lipinski definition) is 2. The van der Waals surface area contributed by atoms with Crippen LogP contribution in [-0.4, -0.2) is 50.0 Å². The monoisotopic (exact) mass is 461 g/mol. The summed E-state index contributed by atoms with van der Waals surface area (Å²) in [6.07, 6.45) is 4.95. The van der Waals surface area contributed by atoms with Crippen LogP contribution >= 0.6 is 0 Å². The number of halogens is 1. The minimum absolute atomic E-state index is 0.0599. The molecule has 0 saturated carbocycles. The van der Waals surface area contributed by atoms with Gasteiger partial charge in [0.2, 0.25) is 0 Å². The average molecular weight is 462 g/mol. The first-order valence-electron chi connectivity index (χ1n) is 11.2. The molecule has 0 aliphatic carbocycles. The summed E-state index contributed by atoms with van der Waals surface area (Å²) < 4.78 is 15.5. The summed E-state index contributed by atoms with van der Waals surface area (Å²) in [5.41, 5.74) is 2.07. The molecule has 2 N–H and O–H groups in total. The van der Waals surface area contributed by atoms with Crippen molar-refractivity contribution in [3.8, 4) is 0 Å². The second-order valence-corrected chi connectivity index (χ2v) is 8.25. The van der Waals surface area contributed by atoms with Gasteiger partial charge < -0.3 is 10.2 Å². The van der Waals surface area contributed by atoms with Crippen LogP contribution in [0, 0.1) is 5.82 Å². The third kappa shape index (κ3) is 4.39. The molecule has 1 aliphatic rings. The molecule has 10 heteroatoms. The smallest absolute Gasteiger partial charge is 0.327 e. The lowest BCUT2D eigenvalue weighted by atomic mass is 10.0. The second-order valence-electron chi connectivity index (χ2n) is 8.25. The molecule has 4 aromatic rings. The van der Waals surface area contributed by atoms with E-state index in [9.17, 15) is 14.0 Å². The largest absolute Gasteiger partial charge is 0.356 e. The number of amides is 1. The maximum atomic E-state index is 13.7. The predicted molar refractivity (Wildman–Crippen MR) is 125 cm³/mol. The summed E-state index contributed by atoms with van der Waals surface area (Å²) in [5, 5.41) is 2.79. The molecule has 1 fully saturated rings. The molecule has 0 radical (unpaired) electrons. The number of hydrogen-bond acceptors (Lipinski definition) is 6. The van der Waals surface area contributed by atoms with Crippen molar-refractivity contribution < 1.29 is 9.18 Å². The van der Waals surface area contributed by atoms with Gasteiger partial charge in [-0.1, -0.05) is 18.2 Å². The number of aromatic amines is 1. The van der Waals surface area contributed by atoms with Crippen LogP contribution in [0.2, 0.25) is 0 Å². The molecule has 1 aromatic carbocycles. The third-order valence-corrected chi connectivity index (χ3v) is 6.17. The van der Waals surface area contributed by atoms with Gasteiger partial charge in [-0.15, -0.1) is 0 Å². The molecule has 5 rings (SSSR count). The van der Waals surface area contributed by atoms with Crippen LogP contribution in [0.1, 0.15) is 34.9 Å². The van der Waals surface area contributed by atoms with Gasteiger partial charge in [0.1, 0.15) is 23.7 Å². The van der Waals surface area contributed by atoms with Crippen LogP contribution in [0.5, 0.6) is 0 Å². The molecule has 1 aliphatic heterocycles. The number of H-pyrrole nitrogens is 1. The Morgan fingerprint density at radius 1 is 1.12 bits per heavy atom. The Balaban J connectivity index is 1.21. The molecule has 0 atom stereocenters. The standard InChI is InChI=1S/C24H24FN7O2/c25-18-5-2-1-4-16(18)7-11-27-23(33)19-14-21(29-15-28-19)31-12-8-17(9-13-31)32-20-6-3-10-26-22(20)30-24(32)34/h1-6,10,14-15,17H,7-9,11-13H2,(H,27,33)(H,26,30,34). The van der Waals surface area contributed by atoms with Crippen molar-refractivity contribution in [1.29, 1.82) is 0 Å². The molecule has 0 spiro atoms. The van der Waals surface area contributed by atoms with Crippen LogP contribution in [0.25, 0.3) is 11.2 Å². The van der Waals surface area contributed by atoms with E-state index >= 15 is 0 Å². The normalized spacial score (nSPS) is 14.4. The summed E-state index contributed by atoms with van der Waals surface area (Å²) in [6, 6.07) is 12.0. The SMILES string of the molecule is O=C(NCCc1ccccc1F)c1cc(N2CCC(n3c(=O)[nH]c4ncccc43)CC2)ncn1. The summed E-state index contributed by atoms with van der Waals surface area (Å²) in [4.78, 5) is 42.6. The summed E-state index contributed by atoms with van der Waals surface area (Å²) in [6.45, 7) is 1.68. The van der Waals surface area contributed by atoms with Crippen LogP contribution in [0.4, 0.5) is 10.2 Å². The maximum absolute atomic E-state index is 13.7. The minimum Gasteiger partial charge on any atom is -0.356 e. The van der Waals surface area contributed by atoms with Gasteiger partial charge in [-0.3, -0.25) is 14.3 Å². The number of benzene rings is 1. The zero-order valence-electron chi connectivity index (χ0n) is 18.4. The predicted octanol–water partition coefficient (Wildman–Crippen LogP) is 2.47. The highest BCUT2D eigenvalue weighted by Crippen LogP contribution is 2.26. The topological polar surface area (TPSA) is 109 Å². The van der Waals surface area contributed by atoms with Crippen LogP contribution < -0.4 is 15.9 Å². The highest BCUT2D eigenvalue weighted by atomic mass is 19.1. The molecule has 3 aromatic heterocycles. The number of carbonyl (C=O) groups excluding carboxylic acids is 1. The zero-order valence-corrected chi connectivity index (χ0v) is 18.4. The van der Waals surface area contributed by atoms with Gasteiger partial charge in [0.15, 0.2) is 5.65 Å². The van der Waals surface area contributed by atoms with Gasteiger partial charge >= 0.3 is 5.69 Å². The van der Waals surface area contributed by atoms with Crippen molar-refractivity contribution in [2.75, 3.05) is 24.5 Å². The summed E-state index contributed by atoms with van der Waals surface area (Å²) in [5.74, 6) is 0.0593. The lowest BCUT2D eigenvalue weighted by molar-refractivity contribution is 0.0949. The van der Waals surface area contributed by atoms with Gasteiger partial charge in [-0.25, -0.2) is 24.1 Å². The quantitative estimate of drug-likeness (QED) is 0.457. The van der Waals surface area contributed by atoms with Crippen molar-refractivity contribution >= 4 is 22.9 Å². The van der Waals surface area contributed by atoms with Gasteiger partial charge in [-0.05, 0) is 43.0 Å². The number of rotatable bonds is 6. The maximum Gasteiger partial charge on any atom is 0.327 e. The van der Waals surface area contributed by atoms with Crippen molar-refractivity contribution in [2.45, 2.75) is 25.3 Å². The molecule has 0 bridgehead atoms. The molecule has 34 heavy (non-hydrogen) atoms. The Labute approximate surface area is 194 Å². The van der Waals surface area contributed by atoms with Gasteiger partial charge in [0.05, 0.1) is 5.52 Å². The van der Waals surface area contributed by atoms with E-state index in [-0.39, 0.29) is 29.1 Å². The first-order valence-corrected chi connectivity index (χ1v) is 11.2. The number of anilines is 1. The highest BCUT2D eigenvalue weighted by Gasteiger charge is 2.25. The van der Waals surface area contributed by atoms with E-state index in [1.807, 2.05) is 12.1 Å². The number of pyridine rings is 1. The molecule has 4 heterocycles. The fourth-order valence-electron chi connectivity index (χ4n) is 4.42. The van der Waals surface area contributed by atoms with Gasteiger partial charge in [0.25, 0.3) is 5.91 Å². The molecule has 1 amide bonds. The first-order chi connectivity index (χ1) is 16.6. The number of piperidine rings is 1. The molecule has 1 saturated heterocycles. The molecular formula is C24H24FN7O2. The Morgan fingerprint density at radius 3 is 2.76 bits per heavy atom. The Hall–Kier alpha value is -4.08.